The lowest BCUT2D eigenvalue weighted by Crippen LogP contribution is -2.42. The van der Waals surface area contributed by atoms with Crippen molar-refractivity contribution in [2.45, 2.75) is 83.5 Å². The van der Waals surface area contributed by atoms with Crippen LogP contribution in [-0.2, 0) is 12.5 Å². The van der Waals surface area contributed by atoms with Gasteiger partial charge < -0.3 is 15.2 Å². The molecule has 4 nitrogen and oxygen atoms in total. The first-order valence-electron chi connectivity index (χ1n) is 13.0. The average Bonchev–Trinajstić information content (AvgIpc) is 2.99. The molecule has 4 rings (SSSR count). The molecule has 2 aromatic carbocycles. The number of aromatic nitrogens is 1. The van der Waals surface area contributed by atoms with Crippen molar-refractivity contribution in [2.24, 2.45) is 7.05 Å². The van der Waals surface area contributed by atoms with Crippen molar-refractivity contribution < 1.29 is 4.79 Å². The number of fused-ring (bicyclic) bond motifs is 1. The zero-order chi connectivity index (χ0) is 24.3. The summed E-state index contributed by atoms with van der Waals surface area (Å²) in [5, 5.41) is 7.89. The van der Waals surface area contributed by atoms with Crippen LogP contribution in [0.15, 0.2) is 48.7 Å². The van der Waals surface area contributed by atoms with Crippen molar-refractivity contribution in [3.63, 3.8) is 0 Å². The number of benzene rings is 2. The van der Waals surface area contributed by atoms with Crippen LogP contribution in [0.5, 0.6) is 0 Å². The largest absolute Gasteiger partial charge is 0.350 e. The maximum Gasteiger partial charge on any atom is 0.319 e. The van der Waals surface area contributed by atoms with E-state index in [1.165, 1.54) is 53.3 Å². The minimum absolute atomic E-state index is 0.0346. The van der Waals surface area contributed by atoms with Crippen molar-refractivity contribution in [2.75, 3.05) is 11.9 Å². The number of amides is 2. The molecule has 0 saturated heterocycles. The SMILES string of the molecule is CC(C)c1cccc(C(C)C)c1NC(=O)NCC1(c2cn(C)c3ccccc23)CCCCCC1. The van der Waals surface area contributed by atoms with Gasteiger partial charge in [0.1, 0.15) is 0 Å². The van der Waals surface area contributed by atoms with Gasteiger partial charge in [0.25, 0.3) is 0 Å². The smallest absolute Gasteiger partial charge is 0.319 e. The number of carbonyl (C=O) groups is 1. The molecule has 34 heavy (non-hydrogen) atoms. The summed E-state index contributed by atoms with van der Waals surface area (Å²) in [7, 11) is 2.13. The van der Waals surface area contributed by atoms with Crippen molar-refractivity contribution in [3.05, 3.63) is 65.4 Å². The Morgan fingerprint density at radius 3 is 2.15 bits per heavy atom. The maximum absolute atomic E-state index is 13.3. The Balaban J connectivity index is 1.62. The molecule has 1 aliphatic carbocycles. The number of hydrogen-bond acceptors (Lipinski definition) is 1. The normalized spacial score (nSPS) is 16.1. The van der Waals surface area contributed by atoms with Crippen LogP contribution >= 0.6 is 0 Å². The number of nitrogens with one attached hydrogen (secondary N) is 2. The fourth-order valence-corrected chi connectivity index (χ4v) is 5.81. The van der Waals surface area contributed by atoms with Gasteiger partial charge in [-0.25, -0.2) is 4.79 Å². The van der Waals surface area contributed by atoms with Crippen LogP contribution in [0.3, 0.4) is 0 Å². The Labute approximate surface area is 205 Å². The highest BCUT2D eigenvalue weighted by Crippen LogP contribution is 2.42. The summed E-state index contributed by atoms with van der Waals surface area (Å²) >= 11 is 0. The topological polar surface area (TPSA) is 46.1 Å². The van der Waals surface area contributed by atoms with E-state index >= 15 is 0 Å². The second-order valence-corrected chi connectivity index (χ2v) is 10.8. The Hall–Kier alpha value is -2.75. The number of nitrogens with zero attached hydrogens (tertiary/aromatic N) is 1. The zero-order valence-corrected chi connectivity index (χ0v) is 21.6. The van der Waals surface area contributed by atoms with E-state index in [2.05, 4.69) is 98.6 Å². The standard InChI is InChI=1S/C30H41N3O/c1-21(2)23-14-12-15-24(22(3)4)28(23)32-29(34)31-20-30(17-10-6-7-11-18-30)26-19-33(5)27-16-9-8-13-25(26)27/h8-9,12-16,19,21-22H,6-7,10-11,17-18,20H2,1-5H3,(H2,31,32,34). The van der Waals surface area contributed by atoms with Gasteiger partial charge in [-0.2, -0.15) is 0 Å². The molecule has 3 aromatic rings. The van der Waals surface area contributed by atoms with Gasteiger partial charge >= 0.3 is 6.03 Å². The molecule has 0 aliphatic heterocycles. The van der Waals surface area contributed by atoms with E-state index in [1.807, 2.05) is 0 Å². The third kappa shape index (κ3) is 4.87. The van der Waals surface area contributed by atoms with Crippen LogP contribution in [0, 0.1) is 0 Å². The summed E-state index contributed by atoms with van der Waals surface area (Å²) in [6.07, 6.45) is 9.50. The number of rotatable bonds is 6. The molecule has 1 aliphatic rings. The quantitative estimate of drug-likeness (QED) is 0.362. The molecule has 1 heterocycles. The van der Waals surface area contributed by atoms with Crippen molar-refractivity contribution in [1.82, 2.24) is 9.88 Å². The van der Waals surface area contributed by atoms with Gasteiger partial charge in [0.15, 0.2) is 0 Å². The van der Waals surface area contributed by atoms with E-state index in [0.717, 1.165) is 18.5 Å². The number of aryl methyl sites for hydroxylation is 1. The molecular formula is C30H41N3O. The van der Waals surface area contributed by atoms with Crippen LogP contribution in [0.4, 0.5) is 10.5 Å². The molecule has 182 valence electrons. The van der Waals surface area contributed by atoms with Gasteiger partial charge in [0.2, 0.25) is 0 Å². The minimum atomic E-state index is -0.0983. The highest BCUT2D eigenvalue weighted by atomic mass is 16.2. The van der Waals surface area contributed by atoms with Crippen LogP contribution in [0.2, 0.25) is 0 Å². The second kappa shape index (κ2) is 10.2. The van der Waals surface area contributed by atoms with Crippen LogP contribution in [0.25, 0.3) is 10.9 Å². The Bertz CT molecular complexity index is 1110. The molecule has 0 bridgehead atoms. The summed E-state index contributed by atoms with van der Waals surface area (Å²) in [5.41, 5.74) is 5.98. The van der Waals surface area contributed by atoms with E-state index in [-0.39, 0.29) is 11.4 Å². The fourth-order valence-electron chi connectivity index (χ4n) is 5.81. The average molecular weight is 460 g/mol. The number of carbonyl (C=O) groups excluding carboxylic acids is 1. The Kier molecular flexibility index (Phi) is 7.35. The molecule has 0 spiro atoms. The van der Waals surface area contributed by atoms with Crippen LogP contribution in [0.1, 0.15) is 94.7 Å². The predicted octanol–water partition coefficient (Wildman–Crippen LogP) is 7.84. The molecular weight excluding hydrogens is 418 g/mol. The number of urea groups is 1. The highest BCUT2D eigenvalue weighted by molar-refractivity contribution is 5.91. The lowest BCUT2D eigenvalue weighted by atomic mass is 9.74. The molecule has 0 unspecified atom stereocenters. The Morgan fingerprint density at radius 2 is 1.53 bits per heavy atom. The van der Waals surface area contributed by atoms with Gasteiger partial charge in [0.05, 0.1) is 0 Å². The third-order valence-corrected chi connectivity index (χ3v) is 7.73. The zero-order valence-electron chi connectivity index (χ0n) is 21.6. The summed E-state index contributed by atoms with van der Waals surface area (Å²) < 4.78 is 2.24. The van der Waals surface area contributed by atoms with E-state index in [9.17, 15) is 4.79 Å². The summed E-state index contributed by atoms with van der Waals surface area (Å²) in [5.74, 6) is 0.691. The maximum atomic E-state index is 13.3. The summed E-state index contributed by atoms with van der Waals surface area (Å²) in [6, 6.07) is 14.9. The van der Waals surface area contributed by atoms with Crippen LogP contribution < -0.4 is 10.6 Å². The van der Waals surface area contributed by atoms with Crippen molar-refractivity contribution in [3.8, 4) is 0 Å². The first kappa shape index (κ1) is 24.4. The first-order chi connectivity index (χ1) is 16.3. The third-order valence-electron chi connectivity index (χ3n) is 7.73. The molecule has 4 heteroatoms. The second-order valence-electron chi connectivity index (χ2n) is 10.8. The van der Waals surface area contributed by atoms with Crippen molar-refractivity contribution >= 4 is 22.6 Å². The highest BCUT2D eigenvalue weighted by Gasteiger charge is 2.36. The monoisotopic (exact) mass is 459 g/mol. The first-order valence-corrected chi connectivity index (χ1v) is 13.0. The molecule has 2 amide bonds. The van der Waals surface area contributed by atoms with Gasteiger partial charge in [-0.3, -0.25) is 0 Å². The van der Waals surface area contributed by atoms with Gasteiger partial charge in [0, 0.05) is 41.8 Å². The van der Waals surface area contributed by atoms with Gasteiger partial charge in [-0.15, -0.1) is 0 Å². The Morgan fingerprint density at radius 1 is 0.912 bits per heavy atom. The van der Waals surface area contributed by atoms with E-state index < -0.39 is 0 Å². The predicted molar refractivity (Wildman–Crippen MR) is 144 cm³/mol. The number of anilines is 1. The molecule has 1 aromatic heterocycles. The lowest BCUT2D eigenvalue weighted by molar-refractivity contribution is 0.246. The molecule has 1 saturated carbocycles. The number of hydrogen-bond donors (Lipinski definition) is 2. The summed E-state index contributed by atoms with van der Waals surface area (Å²) in [4.78, 5) is 13.3. The minimum Gasteiger partial charge on any atom is -0.350 e. The van der Waals surface area contributed by atoms with E-state index in [1.54, 1.807) is 0 Å². The molecule has 0 radical (unpaired) electrons. The van der Waals surface area contributed by atoms with Gasteiger partial charge in [-0.1, -0.05) is 89.8 Å². The fraction of sp³-hybridized carbons (Fsp3) is 0.500. The van der Waals surface area contributed by atoms with E-state index in [0.29, 0.717) is 18.4 Å². The molecule has 1 fully saturated rings. The number of para-hydroxylation sites is 2. The molecule has 2 N–H and O–H groups in total. The lowest BCUT2D eigenvalue weighted by Gasteiger charge is -2.33. The van der Waals surface area contributed by atoms with Gasteiger partial charge in [-0.05, 0) is 47.4 Å². The molecule has 0 atom stereocenters. The van der Waals surface area contributed by atoms with Crippen LogP contribution in [-0.4, -0.2) is 17.1 Å². The summed E-state index contributed by atoms with van der Waals surface area (Å²) in [6.45, 7) is 9.40. The van der Waals surface area contributed by atoms with E-state index in [4.69, 9.17) is 0 Å². The van der Waals surface area contributed by atoms with Crippen molar-refractivity contribution in [1.29, 1.82) is 0 Å².